The molecule has 1 aromatic heterocycles. The first-order chi connectivity index (χ1) is 6.11. The van der Waals surface area contributed by atoms with Crippen molar-refractivity contribution in [2.75, 3.05) is 0 Å². The van der Waals surface area contributed by atoms with Gasteiger partial charge in [0.25, 0.3) is 0 Å². The molecule has 0 saturated heterocycles. The van der Waals surface area contributed by atoms with Crippen molar-refractivity contribution in [1.82, 2.24) is 9.55 Å². The van der Waals surface area contributed by atoms with Gasteiger partial charge in [0.15, 0.2) is 0 Å². The fraction of sp³-hybridized carbons (Fsp3) is 0.700. The summed E-state index contributed by atoms with van der Waals surface area (Å²) in [6.07, 6.45) is 5.51. The molecule has 2 nitrogen and oxygen atoms in total. The number of imidazole rings is 1. The number of hydrogen-bond donors (Lipinski definition) is 0. The van der Waals surface area contributed by atoms with Gasteiger partial charge in [-0.1, -0.05) is 20.3 Å². The number of hydrogen-bond acceptors (Lipinski definition) is 1. The van der Waals surface area contributed by atoms with E-state index in [9.17, 15) is 0 Å². The molecule has 1 aromatic rings. The lowest BCUT2D eigenvalue weighted by Gasteiger charge is -2.05. The Hall–Kier alpha value is -0.310. The van der Waals surface area contributed by atoms with E-state index >= 15 is 0 Å². The summed E-state index contributed by atoms with van der Waals surface area (Å²) in [7, 11) is 2.04. The normalized spacial score (nSPS) is 11.2. The molecule has 0 aliphatic carbocycles. The summed E-state index contributed by atoms with van der Waals surface area (Å²) < 4.78 is 3.09. The molecule has 0 aromatic carbocycles. The van der Waals surface area contributed by atoms with Crippen LogP contribution < -0.4 is 0 Å². The Morgan fingerprint density at radius 3 is 2.69 bits per heavy atom. The fourth-order valence-electron chi connectivity index (χ4n) is 1.38. The van der Waals surface area contributed by atoms with Gasteiger partial charge >= 0.3 is 0 Å². The third-order valence-corrected chi connectivity index (χ3v) is 2.87. The molecule has 0 atom stereocenters. The van der Waals surface area contributed by atoms with Crippen LogP contribution in [0.2, 0.25) is 0 Å². The molecule has 0 N–H and O–H groups in total. The number of aryl methyl sites for hydroxylation is 1. The Morgan fingerprint density at radius 1 is 1.54 bits per heavy atom. The Balaban J connectivity index is 2.44. The van der Waals surface area contributed by atoms with Crippen molar-refractivity contribution in [3.63, 3.8) is 0 Å². The number of nitrogens with zero attached hydrogens (tertiary/aromatic N) is 2. The minimum atomic E-state index is 0.798. The minimum Gasteiger partial charge on any atom is -0.337 e. The van der Waals surface area contributed by atoms with Gasteiger partial charge in [-0.3, -0.25) is 0 Å². The van der Waals surface area contributed by atoms with Crippen LogP contribution in [-0.2, 0) is 13.5 Å². The molecular weight excluding hydrogens is 228 g/mol. The van der Waals surface area contributed by atoms with Crippen LogP contribution in [0.25, 0.3) is 0 Å². The van der Waals surface area contributed by atoms with Crippen LogP contribution in [-0.4, -0.2) is 9.55 Å². The van der Waals surface area contributed by atoms with Crippen molar-refractivity contribution in [3.05, 3.63) is 16.6 Å². The monoisotopic (exact) mass is 244 g/mol. The largest absolute Gasteiger partial charge is 0.337 e. The molecule has 0 spiro atoms. The molecule has 0 radical (unpaired) electrons. The highest BCUT2D eigenvalue weighted by Gasteiger charge is 2.05. The zero-order chi connectivity index (χ0) is 9.84. The first-order valence-electron chi connectivity index (χ1n) is 4.77. The van der Waals surface area contributed by atoms with Crippen molar-refractivity contribution in [3.8, 4) is 0 Å². The van der Waals surface area contributed by atoms with Gasteiger partial charge in [0.2, 0.25) is 0 Å². The first-order valence-corrected chi connectivity index (χ1v) is 5.56. The Bertz CT molecular complexity index is 246. The van der Waals surface area contributed by atoms with Crippen LogP contribution in [0.4, 0.5) is 0 Å². The zero-order valence-corrected chi connectivity index (χ0v) is 10.1. The van der Waals surface area contributed by atoms with Crippen LogP contribution >= 0.6 is 15.9 Å². The lowest BCUT2D eigenvalue weighted by molar-refractivity contribution is 0.548. The third kappa shape index (κ3) is 3.14. The highest BCUT2D eigenvalue weighted by Crippen LogP contribution is 2.17. The summed E-state index contributed by atoms with van der Waals surface area (Å²) in [5, 5.41) is 0. The molecule has 0 fully saturated rings. The van der Waals surface area contributed by atoms with Crippen molar-refractivity contribution >= 4 is 15.9 Å². The molecule has 0 unspecified atom stereocenters. The van der Waals surface area contributed by atoms with Crippen LogP contribution in [0, 0.1) is 5.92 Å². The van der Waals surface area contributed by atoms with Crippen molar-refractivity contribution in [2.24, 2.45) is 13.0 Å². The molecule has 0 aliphatic rings. The molecule has 1 heterocycles. The van der Waals surface area contributed by atoms with E-state index in [2.05, 4.69) is 39.3 Å². The van der Waals surface area contributed by atoms with E-state index in [-0.39, 0.29) is 0 Å². The lowest BCUT2D eigenvalue weighted by atomic mass is 10.1. The SMILES string of the molecule is CC(C)CCCc1c(Br)ncn1C. The van der Waals surface area contributed by atoms with Gasteiger partial charge in [0, 0.05) is 7.05 Å². The predicted octanol–water partition coefficient (Wildman–Crippen LogP) is 3.16. The topological polar surface area (TPSA) is 17.8 Å². The van der Waals surface area contributed by atoms with Gasteiger partial charge in [0.1, 0.15) is 4.60 Å². The van der Waals surface area contributed by atoms with Crippen molar-refractivity contribution in [2.45, 2.75) is 33.1 Å². The van der Waals surface area contributed by atoms with Crippen LogP contribution in [0.3, 0.4) is 0 Å². The van der Waals surface area contributed by atoms with Gasteiger partial charge in [0.05, 0.1) is 12.0 Å². The van der Waals surface area contributed by atoms with E-state index < -0.39 is 0 Å². The summed E-state index contributed by atoms with van der Waals surface area (Å²) >= 11 is 3.45. The molecule has 0 amide bonds. The standard InChI is InChI=1S/C10H17BrN2/c1-8(2)5-4-6-9-10(11)12-7-13(9)3/h7-8H,4-6H2,1-3H3. The van der Waals surface area contributed by atoms with Gasteiger partial charge in [-0.05, 0) is 34.7 Å². The maximum atomic E-state index is 4.19. The molecule has 0 aliphatic heterocycles. The average molecular weight is 245 g/mol. The summed E-state index contributed by atoms with van der Waals surface area (Å²) in [5.41, 5.74) is 1.31. The lowest BCUT2D eigenvalue weighted by Crippen LogP contribution is -1.97. The van der Waals surface area contributed by atoms with Crippen molar-refractivity contribution < 1.29 is 0 Å². The zero-order valence-electron chi connectivity index (χ0n) is 8.55. The van der Waals surface area contributed by atoms with Crippen LogP contribution in [0.5, 0.6) is 0 Å². The second-order valence-electron chi connectivity index (χ2n) is 3.88. The van der Waals surface area contributed by atoms with E-state index in [0.717, 1.165) is 16.9 Å². The minimum absolute atomic E-state index is 0.798. The van der Waals surface area contributed by atoms with Crippen LogP contribution in [0.15, 0.2) is 10.9 Å². The van der Waals surface area contributed by atoms with Gasteiger partial charge in [-0.25, -0.2) is 4.98 Å². The summed E-state index contributed by atoms with van der Waals surface area (Å²) in [5.74, 6) is 0.798. The fourth-order valence-corrected chi connectivity index (χ4v) is 1.95. The average Bonchev–Trinajstić information content (AvgIpc) is 2.34. The predicted molar refractivity (Wildman–Crippen MR) is 58.7 cm³/mol. The first kappa shape index (κ1) is 10.8. The van der Waals surface area contributed by atoms with Gasteiger partial charge < -0.3 is 4.57 Å². The van der Waals surface area contributed by atoms with Gasteiger partial charge in [-0.15, -0.1) is 0 Å². The molecule has 0 saturated carbocycles. The molecule has 1 rings (SSSR count). The molecule has 13 heavy (non-hydrogen) atoms. The summed E-state index contributed by atoms with van der Waals surface area (Å²) in [6.45, 7) is 4.52. The molecule has 74 valence electrons. The van der Waals surface area contributed by atoms with E-state index in [1.54, 1.807) is 0 Å². The molecular formula is C10H17BrN2. The maximum Gasteiger partial charge on any atom is 0.127 e. The van der Waals surface area contributed by atoms with E-state index in [4.69, 9.17) is 0 Å². The van der Waals surface area contributed by atoms with E-state index in [0.29, 0.717) is 0 Å². The Morgan fingerprint density at radius 2 is 2.23 bits per heavy atom. The molecule has 0 bridgehead atoms. The maximum absolute atomic E-state index is 4.19. The molecule has 3 heteroatoms. The highest BCUT2D eigenvalue weighted by molar-refractivity contribution is 9.10. The number of rotatable bonds is 4. The van der Waals surface area contributed by atoms with Crippen LogP contribution in [0.1, 0.15) is 32.4 Å². The number of halogens is 1. The Labute approximate surface area is 88.5 Å². The smallest absolute Gasteiger partial charge is 0.127 e. The van der Waals surface area contributed by atoms with E-state index in [1.165, 1.54) is 18.5 Å². The Kier molecular flexibility index (Phi) is 3.97. The highest BCUT2D eigenvalue weighted by atomic mass is 79.9. The summed E-state index contributed by atoms with van der Waals surface area (Å²) in [4.78, 5) is 4.19. The number of aromatic nitrogens is 2. The second-order valence-corrected chi connectivity index (χ2v) is 4.63. The van der Waals surface area contributed by atoms with Gasteiger partial charge in [-0.2, -0.15) is 0 Å². The van der Waals surface area contributed by atoms with E-state index in [1.807, 2.05) is 13.4 Å². The summed E-state index contributed by atoms with van der Waals surface area (Å²) in [6, 6.07) is 0. The second kappa shape index (κ2) is 4.80. The quantitative estimate of drug-likeness (QED) is 0.796. The van der Waals surface area contributed by atoms with Crippen molar-refractivity contribution in [1.29, 1.82) is 0 Å². The third-order valence-electron chi connectivity index (χ3n) is 2.20.